The summed E-state index contributed by atoms with van der Waals surface area (Å²) in [6.07, 6.45) is 9.65. The predicted octanol–water partition coefficient (Wildman–Crippen LogP) is 9.30. The largest absolute Gasteiger partial charge is 0.560 e. The van der Waals surface area contributed by atoms with Gasteiger partial charge in [-0.2, -0.15) is 4.79 Å². The Bertz CT molecular complexity index is 4560. The molecule has 4 aromatic heterocycles. The SMILES string of the molecule is CC(C)(C)OC(=O)CCO.CC(C)(C)OC(=O)COC(=O)ON1C(=O)CCC1=O.Cc1nc(NC[C@H](N)C(=O)OC(C)(C)C)c(C)c(N2CCC(c3ccc4c(n3)CCCC4)CC2)n1.Cc1nc(NC[C@H](NC(=O)OCC(=O)OC(C)(C)C)C(=O)OC(C)(C)C)c(C)c(N2CCC(c3ccc4c(n3)CCCC4)CC2)n1.O=C(ON1C(=O)CCC1=O)ON1C(=O)CCC1=O. The van der Waals surface area contributed by atoms with Gasteiger partial charge in [-0.1, -0.05) is 27.3 Å². The number of carbonyl (C=O) groups excluding carboxylic acids is 14. The van der Waals surface area contributed by atoms with E-state index in [0.29, 0.717) is 40.2 Å². The van der Waals surface area contributed by atoms with Gasteiger partial charge in [0.2, 0.25) is 0 Å². The first-order chi connectivity index (χ1) is 59.8. The maximum absolute atomic E-state index is 13.1. The Labute approximate surface area is 745 Å². The zero-order valence-corrected chi connectivity index (χ0v) is 77.2. The van der Waals surface area contributed by atoms with Crippen molar-refractivity contribution in [3.8, 4) is 0 Å². The molecular formula is C88H127N15O25. The lowest BCUT2D eigenvalue weighted by Gasteiger charge is -2.34. The minimum atomic E-state index is -1.48. The van der Waals surface area contributed by atoms with Gasteiger partial charge in [0.05, 0.1) is 13.0 Å². The fraction of sp³-hybridized carbons (Fsp3) is 0.636. The number of esters is 5. The van der Waals surface area contributed by atoms with Gasteiger partial charge in [0.25, 0.3) is 35.4 Å². The summed E-state index contributed by atoms with van der Waals surface area (Å²) in [4.78, 5) is 207. The number of hydrogen-bond acceptors (Lipinski definition) is 36. The first kappa shape index (κ1) is 103. The number of carbonyl (C=O) groups is 14. The number of nitrogens with two attached hydrogens (primary N) is 1. The molecule has 0 saturated carbocycles. The number of aryl methyl sites for hydroxylation is 6. The maximum atomic E-state index is 13.1. The Morgan fingerprint density at radius 2 is 0.773 bits per heavy atom. The molecule has 0 aromatic carbocycles. The number of pyridine rings is 2. The first-order valence-electron chi connectivity index (χ1n) is 43.2. The van der Waals surface area contributed by atoms with Crippen molar-refractivity contribution in [3.63, 3.8) is 0 Å². The standard InChI is InChI=1S/C34H50N6O6.C27H40N6O2.C11H15NO7.C9H8N2O7.C7H14O3/c1-21-29(35-19-27(31(42)46-34(6,7)8)39-32(43)44-20-28(41)45-33(3,4)5)36-22(2)37-30(21)40-17-15-24(16-18-40)26-14-13-23-11-9-10-12-25(23)38-26;1-17-24(29-16-21(28)26(34)35-27(3,4)5)30-18(2)31-25(17)33-14-12-20(13-15-33)23-11-10-19-8-6-7-9-22(19)32-23;1-11(2,3)18-9(15)6-17-10(16)19-12-7(13)4-5-8(12)14;12-5-1-2-6(13)10(5)17-9(16)18-11-7(14)3-4-8(11)15;1-7(2,3)10-6(9)4-5-8/h13-14,24,27H,9-12,15-20H2,1-8H3,(H,39,43)(H,35,36,37);10-11,20-21H,6-9,12-16,28H2,1-5H3,(H,29,30,31);4-6H2,1-3H3;1-4H2;8H,4-5H2,1-3H3/t27-;21-;;;/m00.../s1. The molecule has 0 spiro atoms. The number of amides is 7. The van der Waals surface area contributed by atoms with Crippen molar-refractivity contribution < 1.29 is 120 Å². The zero-order valence-electron chi connectivity index (χ0n) is 77.2. The van der Waals surface area contributed by atoms with Crippen LogP contribution in [0.15, 0.2) is 24.3 Å². The van der Waals surface area contributed by atoms with Crippen molar-refractivity contribution in [1.82, 2.24) is 50.4 Å². The van der Waals surface area contributed by atoms with E-state index in [-0.39, 0.29) is 80.7 Å². The molecule has 0 unspecified atom stereocenters. The average molecular weight is 1800 g/mol. The molecule has 2 aliphatic carbocycles. The third-order valence-electron chi connectivity index (χ3n) is 19.7. The number of hydroxylamine groups is 6. The third kappa shape index (κ3) is 34.1. The Hall–Kier alpha value is -11.8. The lowest BCUT2D eigenvalue weighted by Crippen LogP contribution is -2.48. The van der Waals surface area contributed by atoms with Gasteiger partial charge < -0.3 is 69.7 Å². The molecule has 0 radical (unpaired) electrons. The van der Waals surface area contributed by atoms with Crippen LogP contribution >= 0.6 is 0 Å². The van der Waals surface area contributed by atoms with E-state index >= 15 is 0 Å². The monoisotopic (exact) mass is 1790 g/mol. The summed E-state index contributed by atoms with van der Waals surface area (Å²) in [5.41, 5.74) is 12.5. The van der Waals surface area contributed by atoms with Crippen LogP contribution in [0.25, 0.3) is 0 Å². The predicted molar refractivity (Wildman–Crippen MR) is 461 cm³/mol. The molecule has 128 heavy (non-hydrogen) atoms. The summed E-state index contributed by atoms with van der Waals surface area (Å²) < 4.78 is 35.3. The van der Waals surface area contributed by atoms with E-state index in [1.54, 1.807) is 83.1 Å². The molecule has 5 fully saturated rings. The quantitative estimate of drug-likeness (QED) is 0.0278. The Morgan fingerprint density at radius 3 is 1.15 bits per heavy atom. The van der Waals surface area contributed by atoms with E-state index in [2.05, 4.69) is 79.2 Å². The van der Waals surface area contributed by atoms with E-state index in [0.717, 1.165) is 93.9 Å². The number of alkyl carbamates (subject to hydrolysis) is 1. The van der Waals surface area contributed by atoms with E-state index in [1.165, 1.54) is 66.0 Å². The van der Waals surface area contributed by atoms with Gasteiger partial charge >= 0.3 is 48.3 Å². The smallest absolute Gasteiger partial charge is 0.460 e. The van der Waals surface area contributed by atoms with Crippen molar-refractivity contribution in [1.29, 1.82) is 0 Å². The molecule has 6 N–H and O–H groups in total. The number of rotatable bonds is 22. The van der Waals surface area contributed by atoms with Gasteiger partial charge in [-0.15, -0.1) is 0 Å². The van der Waals surface area contributed by atoms with Gasteiger partial charge in [0.15, 0.2) is 13.2 Å². The molecule has 40 heteroatoms. The van der Waals surface area contributed by atoms with Crippen LogP contribution in [0, 0.1) is 27.7 Å². The number of aliphatic hydroxyl groups is 1. The average Bonchev–Trinajstić information content (AvgIpc) is 1.05. The van der Waals surface area contributed by atoms with Crippen molar-refractivity contribution in [2.24, 2.45) is 5.73 Å². The number of aromatic nitrogens is 6. The number of hydrogen-bond donors (Lipinski definition) is 5. The highest BCUT2D eigenvalue weighted by atomic mass is 16.9. The molecule has 5 aliphatic heterocycles. The van der Waals surface area contributed by atoms with E-state index in [1.807, 2.05) is 48.5 Å². The number of nitrogens with one attached hydrogen (secondary N) is 3. The molecule has 40 nitrogen and oxygen atoms in total. The summed E-state index contributed by atoms with van der Waals surface area (Å²) in [5, 5.41) is 18.2. The molecular weight excluding hydrogens is 1670 g/mol. The Morgan fingerprint density at radius 1 is 0.430 bits per heavy atom. The zero-order chi connectivity index (χ0) is 94.9. The summed E-state index contributed by atoms with van der Waals surface area (Å²) in [6.45, 7) is 36.3. The van der Waals surface area contributed by atoms with Crippen LogP contribution in [0.4, 0.5) is 37.7 Å². The highest BCUT2D eigenvalue weighted by Gasteiger charge is 2.40. The van der Waals surface area contributed by atoms with Gasteiger partial charge in [-0.25, -0.2) is 43.9 Å². The van der Waals surface area contributed by atoms with Gasteiger partial charge in [-0.05, 0) is 232 Å². The molecule has 5 saturated heterocycles. The summed E-state index contributed by atoms with van der Waals surface area (Å²) in [6, 6.07) is 7.16. The number of imide groups is 3. The number of anilines is 4. The van der Waals surface area contributed by atoms with Gasteiger partial charge in [0, 0.05) is 124 Å². The van der Waals surface area contributed by atoms with Crippen LogP contribution in [0.1, 0.15) is 269 Å². The number of fused-ring (bicyclic) bond motifs is 2. The molecule has 11 rings (SSSR count). The van der Waals surface area contributed by atoms with Gasteiger partial charge in [-0.3, -0.25) is 62.8 Å². The van der Waals surface area contributed by atoms with E-state index in [9.17, 15) is 67.1 Å². The maximum Gasteiger partial charge on any atom is 0.560 e. The topological polar surface area (TPSA) is 507 Å². The second kappa shape index (κ2) is 46.2. The molecule has 7 amide bonds. The summed E-state index contributed by atoms with van der Waals surface area (Å²) >= 11 is 0. The minimum Gasteiger partial charge on any atom is -0.460 e. The highest BCUT2D eigenvalue weighted by Crippen LogP contribution is 2.36. The van der Waals surface area contributed by atoms with Crippen molar-refractivity contribution >= 4 is 107 Å². The number of ether oxygens (including phenoxy) is 7. The lowest BCUT2D eigenvalue weighted by atomic mass is 9.90. The van der Waals surface area contributed by atoms with Crippen LogP contribution in [0.5, 0.6) is 0 Å². The second-order valence-electron chi connectivity index (χ2n) is 36.5. The Kier molecular flexibility index (Phi) is 37.3. The van der Waals surface area contributed by atoms with Crippen molar-refractivity contribution in [2.75, 3.05) is 79.5 Å². The number of piperidine rings is 2. The van der Waals surface area contributed by atoms with E-state index < -0.39 is 131 Å². The number of nitrogens with zero attached hydrogens (tertiary/aromatic N) is 11. The molecule has 2 atom stereocenters. The molecule has 9 heterocycles. The summed E-state index contributed by atoms with van der Waals surface area (Å²) in [7, 11) is 0. The minimum absolute atomic E-state index is 0.0157. The number of aliphatic hydroxyl groups excluding tert-OH is 1. The van der Waals surface area contributed by atoms with Crippen LogP contribution in [0.2, 0.25) is 0 Å². The third-order valence-corrected chi connectivity index (χ3v) is 19.7. The van der Waals surface area contributed by atoms with Crippen molar-refractivity contribution in [2.45, 2.75) is 305 Å². The second-order valence-corrected chi connectivity index (χ2v) is 36.5. The fourth-order valence-electron chi connectivity index (χ4n) is 13.9. The van der Waals surface area contributed by atoms with Crippen LogP contribution in [-0.4, -0.2) is 233 Å². The van der Waals surface area contributed by atoms with Crippen LogP contribution in [0.3, 0.4) is 0 Å². The molecule has 0 bridgehead atoms. The molecule has 704 valence electrons. The van der Waals surface area contributed by atoms with Crippen LogP contribution < -0.4 is 31.5 Å². The normalized spacial score (nSPS) is 16.6. The lowest BCUT2D eigenvalue weighted by molar-refractivity contribution is -0.198. The fourth-order valence-corrected chi connectivity index (χ4v) is 13.9. The molecule has 7 aliphatic rings. The van der Waals surface area contributed by atoms with E-state index in [4.69, 9.17) is 59.2 Å². The van der Waals surface area contributed by atoms with Crippen LogP contribution in [-0.2, 0) is 126 Å². The van der Waals surface area contributed by atoms with Crippen molar-refractivity contribution in [3.05, 3.63) is 80.9 Å². The van der Waals surface area contributed by atoms with Gasteiger partial charge in [0.1, 0.15) is 75.0 Å². The molecule has 4 aromatic rings. The summed E-state index contributed by atoms with van der Waals surface area (Å²) in [5.74, 6) is -1.64. The Balaban J connectivity index is 0.000000239. The highest BCUT2D eigenvalue weighted by molar-refractivity contribution is 6.03. The first-order valence-corrected chi connectivity index (χ1v) is 43.2.